The molecule has 0 saturated heterocycles. The average Bonchev–Trinajstić information content (AvgIpc) is 2.61. The number of rotatable bonds is 17. The molecule has 8 N–H and O–H groups in total. The van der Waals surface area contributed by atoms with Gasteiger partial charge in [0.1, 0.15) is 11.6 Å². The lowest BCUT2D eigenvalue weighted by molar-refractivity contribution is 0.217. The zero-order valence-electron chi connectivity index (χ0n) is 16.8. The van der Waals surface area contributed by atoms with Crippen LogP contribution in [0.4, 0.5) is 0 Å². The van der Waals surface area contributed by atoms with Crippen molar-refractivity contribution in [1.82, 2.24) is 5.32 Å². The Balaban J connectivity index is 3.57. The van der Waals surface area contributed by atoms with Gasteiger partial charge in [-0.25, -0.2) is 0 Å². The SMILES string of the molecule is C=C/C=C(\C=C(/C)C(=N)N)OCCCCNCCCCCCCN=C(N)N. The number of nitrogens with zero attached hydrogens (tertiary/aromatic N) is 1. The third kappa shape index (κ3) is 16.9. The fraction of sp³-hybridized carbons (Fsp3) is 0.600. The first-order valence-electron chi connectivity index (χ1n) is 9.71. The molecule has 0 bridgehead atoms. The van der Waals surface area contributed by atoms with Crippen LogP contribution in [0, 0.1) is 5.41 Å². The highest BCUT2D eigenvalue weighted by Crippen LogP contribution is 2.06. The molecule has 0 rings (SSSR count). The predicted molar refractivity (Wildman–Crippen MR) is 116 cm³/mol. The second-order valence-electron chi connectivity index (χ2n) is 6.43. The number of unbranched alkanes of at least 4 members (excludes halogenated alkanes) is 5. The third-order valence-corrected chi connectivity index (χ3v) is 3.89. The molecule has 0 aliphatic carbocycles. The molecule has 0 aliphatic rings. The lowest BCUT2D eigenvalue weighted by Crippen LogP contribution is -2.22. The molecule has 0 radical (unpaired) electrons. The monoisotopic (exact) mass is 378 g/mol. The van der Waals surface area contributed by atoms with Gasteiger partial charge in [0.2, 0.25) is 0 Å². The number of hydrogen-bond donors (Lipinski definition) is 5. The van der Waals surface area contributed by atoms with Crippen molar-refractivity contribution >= 4 is 11.8 Å². The minimum Gasteiger partial charge on any atom is -0.494 e. The van der Waals surface area contributed by atoms with Crippen LogP contribution in [0.3, 0.4) is 0 Å². The molecule has 7 nitrogen and oxygen atoms in total. The number of guanidine groups is 1. The molecule has 7 heteroatoms. The Bertz CT molecular complexity index is 507. The summed E-state index contributed by atoms with van der Waals surface area (Å²) in [4.78, 5) is 3.97. The van der Waals surface area contributed by atoms with E-state index in [0.717, 1.165) is 38.9 Å². The van der Waals surface area contributed by atoms with E-state index in [1.807, 2.05) is 0 Å². The van der Waals surface area contributed by atoms with Gasteiger partial charge in [0.25, 0.3) is 0 Å². The normalized spacial score (nSPS) is 11.9. The zero-order valence-corrected chi connectivity index (χ0v) is 16.8. The van der Waals surface area contributed by atoms with E-state index in [1.165, 1.54) is 25.7 Å². The van der Waals surface area contributed by atoms with Crippen LogP contribution in [0.15, 0.2) is 41.1 Å². The van der Waals surface area contributed by atoms with E-state index in [4.69, 9.17) is 27.3 Å². The maximum Gasteiger partial charge on any atom is 0.185 e. The lowest BCUT2D eigenvalue weighted by Gasteiger charge is -2.09. The summed E-state index contributed by atoms with van der Waals surface area (Å²) in [6.07, 6.45) is 13.1. The molecule has 0 aromatic carbocycles. The Hall–Kier alpha value is -2.28. The van der Waals surface area contributed by atoms with E-state index in [-0.39, 0.29) is 11.8 Å². The molecular weight excluding hydrogens is 340 g/mol. The molecule has 0 saturated carbocycles. The molecule has 0 heterocycles. The van der Waals surface area contributed by atoms with Crippen molar-refractivity contribution in [1.29, 1.82) is 5.41 Å². The van der Waals surface area contributed by atoms with Crippen LogP contribution in [0.25, 0.3) is 0 Å². The molecule has 0 fully saturated rings. The summed E-state index contributed by atoms with van der Waals surface area (Å²) >= 11 is 0. The van der Waals surface area contributed by atoms with Gasteiger partial charge in [0.05, 0.1) is 6.61 Å². The van der Waals surface area contributed by atoms with E-state index < -0.39 is 0 Å². The Morgan fingerprint density at radius 2 is 1.67 bits per heavy atom. The van der Waals surface area contributed by atoms with Gasteiger partial charge >= 0.3 is 0 Å². The number of amidine groups is 1. The predicted octanol–water partition coefficient (Wildman–Crippen LogP) is 2.55. The van der Waals surface area contributed by atoms with Crippen LogP contribution >= 0.6 is 0 Å². The smallest absolute Gasteiger partial charge is 0.185 e. The highest BCUT2D eigenvalue weighted by atomic mass is 16.5. The topological polar surface area (TPSA) is 136 Å². The number of aliphatic imine (C=N–C) groups is 1. The number of hydrogen-bond acceptors (Lipinski definition) is 4. The van der Waals surface area contributed by atoms with Crippen molar-refractivity contribution in [3.8, 4) is 0 Å². The van der Waals surface area contributed by atoms with E-state index in [1.54, 1.807) is 25.2 Å². The molecule has 27 heavy (non-hydrogen) atoms. The molecule has 0 amide bonds. The summed E-state index contributed by atoms with van der Waals surface area (Å²) in [5, 5.41) is 10.9. The van der Waals surface area contributed by atoms with Crippen LogP contribution in [-0.2, 0) is 4.74 Å². The fourth-order valence-electron chi connectivity index (χ4n) is 2.31. The van der Waals surface area contributed by atoms with Crippen molar-refractivity contribution in [3.05, 3.63) is 36.1 Å². The average molecular weight is 379 g/mol. The standard InChI is InChI=1S/C20H38N6O/c1-3-11-18(16-17(2)19(21)22)27-15-10-9-13-25-12-7-5-4-6-8-14-26-20(23)24/h3,11,16,25H,1,4-10,12-15H2,2H3,(H3,21,22)(H4,23,24,26)/b17-16+,18-11+. The second kappa shape index (κ2) is 17.1. The molecule has 0 unspecified atom stereocenters. The highest BCUT2D eigenvalue weighted by molar-refractivity contribution is 5.94. The number of ether oxygens (including phenoxy) is 1. The summed E-state index contributed by atoms with van der Waals surface area (Å²) in [6.45, 7) is 8.88. The van der Waals surface area contributed by atoms with Crippen molar-refractivity contribution < 1.29 is 4.74 Å². The minimum absolute atomic E-state index is 0.0477. The van der Waals surface area contributed by atoms with Crippen LogP contribution in [0.2, 0.25) is 0 Å². The van der Waals surface area contributed by atoms with Gasteiger partial charge in [-0.3, -0.25) is 10.4 Å². The first-order valence-corrected chi connectivity index (χ1v) is 9.71. The number of allylic oxidation sites excluding steroid dienone is 3. The van der Waals surface area contributed by atoms with Gasteiger partial charge in [-0.05, 0) is 63.4 Å². The maximum absolute atomic E-state index is 7.40. The Morgan fingerprint density at radius 3 is 2.30 bits per heavy atom. The van der Waals surface area contributed by atoms with Gasteiger partial charge in [0, 0.05) is 6.54 Å². The Morgan fingerprint density at radius 1 is 1.04 bits per heavy atom. The quantitative estimate of drug-likeness (QED) is 0.0871. The lowest BCUT2D eigenvalue weighted by atomic mass is 10.1. The van der Waals surface area contributed by atoms with Crippen molar-refractivity contribution in [2.24, 2.45) is 22.2 Å². The molecule has 154 valence electrons. The van der Waals surface area contributed by atoms with Gasteiger partial charge in [-0.1, -0.05) is 31.9 Å². The van der Waals surface area contributed by atoms with Crippen molar-refractivity contribution in [3.63, 3.8) is 0 Å². The molecule has 0 aromatic rings. The van der Waals surface area contributed by atoms with Crippen LogP contribution in [-0.4, -0.2) is 38.0 Å². The van der Waals surface area contributed by atoms with E-state index in [9.17, 15) is 0 Å². The maximum atomic E-state index is 7.40. The van der Waals surface area contributed by atoms with E-state index in [2.05, 4.69) is 16.9 Å². The summed E-state index contributed by atoms with van der Waals surface area (Å²) in [6, 6.07) is 0. The van der Waals surface area contributed by atoms with Gasteiger partial charge in [0.15, 0.2) is 5.96 Å². The Labute approximate surface area is 164 Å². The second-order valence-corrected chi connectivity index (χ2v) is 6.43. The van der Waals surface area contributed by atoms with Crippen LogP contribution < -0.4 is 22.5 Å². The molecule has 0 atom stereocenters. The van der Waals surface area contributed by atoms with Crippen LogP contribution in [0.1, 0.15) is 51.9 Å². The minimum atomic E-state index is 0.0477. The van der Waals surface area contributed by atoms with Crippen molar-refractivity contribution in [2.45, 2.75) is 51.9 Å². The summed E-state index contributed by atoms with van der Waals surface area (Å²) in [5.41, 5.74) is 16.7. The summed E-state index contributed by atoms with van der Waals surface area (Å²) in [5.74, 6) is 0.914. The van der Waals surface area contributed by atoms with Gasteiger partial charge in [-0.15, -0.1) is 0 Å². The van der Waals surface area contributed by atoms with Gasteiger partial charge in [-0.2, -0.15) is 0 Å². The first-order chi connectivity index (χ1) is 13.0. The zero-order chi connectivity index (χ0) is 20.3. The third-order valence-electron chi connectivity index (χ3n) is 3.89. The number of nitrogens with two attached hydrogens (primary N) is 3. The van der Waals surface area contributed by atoms with Gasteiger partial charge < -0.3 is 27.3 Å². The summed E-state index contributed by atoms with van der Waals surface area (Å²) < 4.78 is 5.72. The summed E-state index contributed by atoms with van der Waals surface area (Å²) in [7, 11) is 0. The largest absolute Gasteiger partial charge is 0.494 e. The molecule has 0 spiro atoms. The van der Waals surface area contributed by atoms with E-state index >= 15 is 0 Å². The van der Waals surface area contributed by atoms with Crippen LogP contribution in [0.5, 0.6) is 0 Å². The fourth-order valence-corrected chi connectivity index (χ4v) is 2.31. The first kappa shape index (κ1) is 24.7. The number of nitrogens with one attached hydrogen (secondary N) is 2. The molecular formula is C20H38N6O. The molecule has 0 aliphatic heterocycles. The highest BCUT2D eigenvalue weighted by Gasteiger charge is 1.98. The Kier molecular flexibility index (Phi) is 15.7. The molecule has 0 aromatic heterocycles. The van der Waals surface area contributed by atoms with Crippen molar-refractivity contribution in [2.75, 3.05) is 26.2 Å². The van der Waals surface area contributed by atoms with E-state index in [0.29, 0.717) is 17.9 Å².